The Balaban J connectivity index is 2.35. The molecular weight excluding hydrogens is 244 g/mol. The maximum Gasteiger partial charge on any atom is 0.0725 e. The van der Waals surface area contributed by atoms with E-state index < -0.39 is 0 Å². The molecular formula is C18H24N2. The van der Waals surface area contributed by atoms with Crippen molar-refractivity contribution < 1.29 is 0 Å². The summed E-state index contributed by atoms with van der Waals surface area (Å²) in [7, 11) is 0. The third kappa shape index (κ3) is 2.07. The fourth-order valence-corrected chi connectivity index (χ4v) is 3.38. The van der Waals surface area contributed by atoms with Crippen molar-refractivity contribution in [3.8, 4) is 0 Å². The van der Waals surface area contributed by atoms with Gasteiger partial charge >= 0.3 is 0 Å². The number of aromatic nitrogens is 1. The lowest BCUT2D eigenvalue weighted by atomic mass is 9.91. The summed E-state index contributed by atoms with van der Waals surface area (Å²) < 4.78 is 0. The highest BCUT2D eigenvalue weighted by atomic mass is 15.2. The second kappa shape index (κ2) is 5.08. The molecule has 0 unspecified atom stereocenters. The van der Waals surface area contributed by atoms with Crippen LogP contribution in [0.3, 0.4) is 0 Å². The normalized spacial score (nSPS) is 15.2. The van der Waals surface area contributed by atoms with Gasteiger partial charge < -0.3 is 4.90 Å². The van der Waals surface area contributed by atoms with Gasteiger partial charge in [0.05, 0.1) is 5.52 Å². The Morgan fingerprint density at radius 1 is 1.10 bits per heavy atom. The zero-order chi connectivity index (χ0) is 14.3. The minimum atomic E-state index is 0.530. The molecule has 0 aliphatic carbocycles. The van der Waals surface area contributed by atoms with Crippen LogP contribution in [0.1, 0.15) is 51.2 Å². The Labute approximate surface area is 121 Å². The fourth-order valence-electron chi connectivity index (χ4n) is 3.38. The largest absolute Gasteiger partial charge is 0.368 e. The molecule has 0 saturated heterocycles. The van der Waals surface area contributed by atoms with Gasteiger partial charge in [-0.15, -0.1) is 0 Å². The molecule has 106 valence electrons. The van der Waals surface area contributed by atoms with Crippen LogP contribution in [-0.4, -0.2) is 17.6 Å². The summed E-state index contributed by atoms with van der Waals surface area (Å²) in [6.45, 7) is 10.3. The van der Waals surface area contributed by atoms with Crippen LogP contribution < -0.4 is 4.90 Å². The molecule has 0 spiro atoms. The van der Waals surface area contributed by atoms with Crippen LogP contribution in [-0.2, 0) is 6.42 Å². The van der Waals surface area contributed by atoms with Gasteiger partial charge in [0.25, 0.3) is 0 Å². The summed E-state index contributed by atoms with van der Waals surface area (Å²) in [5.41, 5.74) is 5.51. The maximum atomic E-state index is 4.60. The molecule has 0 atom stereocenters. The highest BCUT2D eigenvalue weighted by molar-refractivity contribution is 5.97. The number of nitrogens with zero attached hydrogens (tertiary/aromatic N) is 2. The zero-order valence-corrected chi connectivity index (χ0v) is 13.0. The highest BCUT2D eigenvalue weighted by Gasteiger charge is 2.23. The van der Waals surface area contributed by atoms with E-state index in [1.807, 2.05) is 6.20 Å². The average Bonchev–Trinajstić information content (AvgIpc) is 2.45. The van der Waals surface area contributed by atoms with E-state index in [9.17, 15) is 0 Å². The van der Waals surface area contributed by atoms with Gasteiger partial charge in [0.1, 0.15) is 0 Å². The first-order chi connectivity index (χ1) is 9.59. The first-order valence-corrected chi connectivity index (χ1v) is 7.76. The van der Waals surface area contributed by atoms with Crippen LogP contribution in [0.25, 0.3) is 10.9 Å². The van der Waals surface area contributed by atoms with E-state index in [4.69, 9.17) is 0 Å². The van der Waals surface area contributed by atoms with Crippen molar-refractivity contribution in [2.24, 2.45) is 0 Å². The van der Waals surface area contributed by atoms with Crippen molar-refractivity contribution >= 4 is 16.6 Å². The molecule has 1 aliphatic rings. The van der Waals surface area contributed by atoms with E-state index >= 15 is 0 Å². The van der Waals surface area contributed by atoms with E-state index in [0.717, 1.165) is 12.1 Å². The number of anilines is 1. The lowest BCUT2D eigenvalue weighted by molar-refractivity contribution is 0.628. The second-order valence-corrected chi connectivity index (χ2v) is 6.41. The van der Waals surface area contributed by atoms with Crippen LogP contribution in [0.5, 0.6) is 0 Å². The van der Waals surface area contributed by atoms with Crippen LogP contribution >= 0.6 is 0 Å². The molecule has 0 N–H and O–H groups in total. The Hall–Kier alpha value is -1.57. The Morgan fingerprint density at radius 2 is 1.90 bits per heavy atom. The Bertz CT molecular complexity index is 629. The Kier molecular flexibility index (Phi) is 3.41. The van der Waals surface area contributed by atoms with Gasteiger partial charge in [0.15, 0.2) is 0 Å². The number of benzene rings is 1. The van der Waals surface area contributed by atoms with Gasteiger partial charge in [-0.2, -0.15) is 0 Å². The van der Waals surface area contributed by atoms with E-state index in [-0.39, 0.29) is 0 Å². The number of aryl methyl sites for hydroxylation is 1. The van der Waals surface area contributed by atoms with Crippen LogP contribution in [0.4, 0.5) is 5.69 Å². The molecule has 1 aliphatic heterocycles. The number of fused-ring (bicyclic) bond motifs is 3. The lowest BCUT2D eigenvalue weighted by Gasteiger charge is -2.36. The highest BCUT2D eigenvalue weighted by Crippen LogP contribution is 2.39. The summed E-state index contributed by atoms with van der Waals surface area (Å²) in [5, 5.41) is 1.38. The average molecular weight is 268 g/mol. The number of rotatable bonds is 2. The maximum absolute atomic E-state index is 4.60. The van der Waals surface area contributed by atoms with Crippen molar-refractivity contribution in [3.05, 3.63) is 35.5 Å². The van der Waals surface area contributed by atoms with Gasteiger partial charge in [-0.25, -0.2) is 0 Å². The first kappa shape index (κ1) is 13.4. The third-order valence-electron chi connectivity index (χ3n) is 4.37. The monoisotopic (exact) mass is 268 g/mol. The molecule has 20 heavy (non-hydrogen) atoms. The molecule has 2 nitrogen and oxygen atoms in total. The van der Waals surface area contributed by atoms with Gasteiger partial charge in [0.2, 0.25) is 0 Å². The summed E-state index contributed by atoms with van der Waals surface area (Å²) in [5.74, 6) is 0.530. The fraction of sp³-hybridized carbons (Fsp3) is 0.500. The molecule has 0 saturated carbocycles. The van der Waals surface area contributed by atoms with Crippen molar-refractivity contribution in [3.63, 3.8) is 0 Å². The van der Waals surface area contributed by atoms with Crippen molar-refractivity contribution in [2.45, 2.75) is 52.5 Å². The van der Waals surface area contributed by atoms with Crippen molar-refractivity contribution in [1.29, 1.82) is 0 Å². The van der Waals surface area contributed by atoms with E-state index in [0.29, 0.717) is 12.0 Å². The molecule has 1 aromatic carbocycles. The third-order valence-corrected chi connectivity index (χ3v) is 4.37. The molecule has 3 rings (SSSR count). The number of hydrogen-bond donors (Lipinski definition) is 0. The second-order valence-electron chi connectivity index (χ2n) is 6.41. The minimum Gasteiger partial charge on any atom is -0.368 e. The summed E-state index contributed by atoms with van der Waals surface area (Å²) in [6, 6.07) is 7.22. The molecule has 2 heterocycles. The SMILES string of the molecule is CC(C)c1ccnc2ccc3c(c12)N(C(C)C)CCC3. The molecule has 0 radical (unpaired) electrons. The van der Waals surface area contributed by atoms with E-state index in [1.165, 1.54) is 35.0 Å². The zero-order valence-electron chi connectivity index (χ0n) is 13.0. The van der Waals surface area contributed by atoms with Gasteiger partial charge in [0, 0.05) is 29.9 Å². The quantitative estimate of drug-likeness (QED) is 0.796. The molecule has 2 heteroatoms. The summed E-state index contributed by atoms with van der Waals surface area (Å²) in [6.07, 6.45) is 4.40. The van der Waals surface area contributed by atoms with Gasteiger partial charge in [-0.3, -0.25) is 4.98 Å². The molecule has 1 aromatic heterocycles. The van der Waals surface area contributed by atoms with Crippen LogP contribution in [0.15, 0.2) is 24.4 Å². The first-order valence-electron chi connectivity index (χ1n) is 7.76. The Morgan fingerprint density at radius 3 is 2.60 bits per heavy atom. The lowest BCUT2D eigenvalue weighted by Crippen LogP contribution is -2.35. The summed E-state index contributed by atoms with van der Waals surface area (Å²) in [4.78, 5) is 7.16. The van der Waals surface area contributed by atoms with E-state index in [2.05, 4.69) is 55.8 Å². The molecule has 0 amide bonds. The molecule has 2 aromatic rings. The predicted molar refractivity (Wildman–Crippen MR) is 86.6 cm³/mol. The number of hydrogen-bond acceptors (Lipinski definition) is 2. The van der Waals surface area contributed by atoms with E-state index in [1.54, 1.807) is 0 Å². The topological polar surface area (TPSA) is 16.1 Å². The molecule has 0 bridgehead atoms. The van der Waals surface area contributed by atoms with Gasteiger partial charge in [-0.05, 0) is 55.9 Å². The van der Waals surface area contributed by atoms with Crippen LogP contribution in [0, 0.1) is 0 Å². The van der Waals surface area contributed by atoms with Crippen LogP contribution in [0.2, 0.25) is 0 Å². The standard InChI is InChI=1S/C18H24N2/c1-12(2)15-9-10-19-16-8-7-14-6-5-11-20(13(3)4)18(14)17(15)16/h7-10,12-13H,5-6,11H2,1-4H3. The van der Waals surface area contributed by atoms with Crippen molar-refractivity contribution in [2.75, 3.05) is 11.4 Å². The minimum absolute atomic E-state index is 0.530. The summed E-state index contributed by atoms with van der Waals surface area (Å²) >= 11 is 0. The number of pyridine rings is 1. The molecule has 0 fully saturated rings. The smallest absolute Gasteiger partial charge is 0.0725 e. The van der Waals surface area contributed by atoms with Crippen molar-refractivity contribution in [1.82, 2.24) is 4.98 Å². The predicted octanol–water partition coefficient (Wildman–Crippen LogP) is 4.52. The van der Waals surface area contributed by atoms with Gasteiger partial charge in [-0.1, -0.05) is 19.9 Å².